The summed E-state index contributed by atoms with van der Waals surface area (Å²) >= 11 is 13.3. The number of imide groups is 1. The Hall–Kier alpha value is -2.74. The number of rotatable bonds is 4. The highest BCUT2D eigenvalue weighted by Gasteiger charge is 2.37. The molecule has 2 heterocycles. The fourth-order valence-electron chi connectivity index (χ4n) is 3.99. The number of thioether (sulfide) groups is 1. The van der Waals surface area contributed by atoms with E-state index in [9.17, 15) is 14.4 Å². The third kappa shape index (κ3) is 4.73. The number of hydrogen-bond donors (Lipinski definition) is 1. The predicted molar refractivity (Wildman–Crippen MR) is 140 cm³/mol. The van der Waals surface area contributed by atoms with Gasteiger partial charge in [0.15, 0.2) is 0 Å². The molecule has 9 heteroatoms. The van der Waals surface area contributed by atoms with Gasteiger partial charge in [-0.15, -0.1) is 0 Å². The molecule has 2 aromatic carbocycles. The summed E-state index contributed by atoms with van der Waals surface area (Å²) in [4.78, 5) is 41.1. The lowest BCUT2D eigenvalue weighted by atomic mass is 9.88. The van der Waals surface area contributed by atoms with Crippen molar-refractivity contribution in [2.24, 2.45) is 0 Å². The molecule has 1 fully saturated rings. The Morgan fingerprint density at radius 2 is 1.91 bits per heavy atom. The maximum absolute atomic E-state index is 12.9. The van der Waals surface area contributed by atoms with Gasteiger partial charge in [0.25, 0.3) is 11.1 Å². The van der Waals surface area contributed by atoms with Gasteiger partial charge in [-0.1, -0.05) is 35.3 Å². The van der Waals surface area contributed by atoms with E-state index in [-0.39, 0.29) is 10.4 Å². The molecule has 0 radical (unpaired) electrons. The molecule has 0 spiro atoms. The summed E-state index contributed by atoms with van der Waals surface area (Å²) in [6.45, 7) is 5.89. The number of allylic oxidation sites excluding steroid dienone is 1. The van der Waals surface area contributed by atoms with E-state index >= 15 is 0 Å². The summed E-state index contributed by atoms with van der Waals surface area (Å²) in [6, 6.07) is 10.4. The average molecular weight is 516 g/mol. The molecular weight excluding hydrogens is 493 g/mol. The second-order valence-corrected chi connectivity index (χ2v) is 10.6. The van der Waals surface area contributed by atoms with E-state index in [1.54, 1.807) is 30.3 Å². The SMILES string of the molecule is CC1=CC(C)(C)N(C)c2cc(Cl)c(/C=C3\SC(=O)N(CC(=O)Nc4cccc(Cl)c4)C3=O)cc21. The van der Waals surface area contributed by atoms with E-state index in [0.29, 0.717) is 21.3 Å². The predicted octanol–water partition coefficient (Wildman–Crippen LogP) is 6.30. The van der Waals surface area contributed by atoms with Crippen LogP contribution in [0.2, 0.25) is 10.0 Å². The second-order valence-electron chi connectivity index (χ2n) is 8.76. The minimum Gasteiger partial charge on any atom is -0.365 e. The van der Waals surface area contributed by atoms with Crippen LogP contribution < -0.4 is 10.2 Å². The third-order valence-electron chi connectivity index (χ3n) is 5.91. The highest BCUT2D eigenvalue weighted by Crippen LogP contribution is 2.42. The van der Waals surface area contributed by atoms with Gasteiger partial charge in [0, 0.05) is 34.0 Å². The summed E-state index contributed by atoms with van der Waals surface area (Å²) in [7, 11) is 2.01. The van der Waals surface area contributed by atoms with E-state index in [2.05, 4.69) is 30.1 Å². The lowest BCUT2D eigenvalue weighted by molar-refractivity contribution is -0.127. The van der Waals surface area contributed by atoms with Crippen molar-refractivity contribution < 1.29 is 14.4 Å². The second kappa shape index (κ2) is 9.13. The fraction of sp³-hybridized carbons (Fsp3) is 0.240. The lowest BCUT2D eigenvalue weighted by Gasteiger charge is -2.40. The van der Waals surface area contributed by atoms with Crippen LogP contribution in [0.5, 0.6) is 0 Å². The Morgan fingerprint density at radius 3 is 2.62 bits per heavy atom. The van der Waals surface area contributed by atoms with Crippen molar-refractivity contribution in [2.45, 2.75) is 26.3 Å². The van der Waals surface area contributed by atoms with E-state index in [1.807, 2.05) is 26.1 Å². The summed E-state index contributed by atoms with van der Waals surface area (Å²) in [5.41, 5.74) is 4.08. The van der Waals surface area contributed by atoms with E-state index in [1.165, 1.54) is 0 Å². The molecule has 3 amide bonds. The summed E-state index contributed by atoms with van der Waals surface area (Å²) in [5.74, 6) is -1.03. The number of halogens is 2. The van der Waals surface area contributed by atoms with Crippen molar-refractivity contribution >= 4 is 75.0 Å². The molecule has 1 saturated heterocycles. The van der Waals surface area contributed by atoms with Gasteiger partial charge in [-0.05, 0) is 80.1 Å². The molecule has 0 atom stereocenters. The highest BCUT2D eigenvalue weighted by atomic mass is 35.5. The molecule has 6 nitrogen and oxygen atoms in total. The van der Waals surface area contributed by atoms with Gasteiger partial charge in [0.1, 0.15) is 6.54 Å². The van der Waals surface area contributed by atoms with Gasteiger partial charge in [0.2, 0.25) is 5.91 Å². The van der Waals surface area contributed by atoms with Crippen LogP contribution >= 0.6 is 35.0 Å². The van der Waals surface area contributed by atoms with Gasteiger partial charge in [-0.25, -0.2) is 0 Å². The number of hydrogen-bond acceptors (Lipinski definition) is 5. The number of anilines is 2. The molecule has 2 aromatic rings. The summed E-state index contributed by atoms with van der Waals surface area (Å²) < 4.78 is 0. The van der Waals surface area contributed by atoms with E-state index in [4.69, 9.17) is 23.2 Å². The molecule has 0 aromatic heterocycles. The summed E-state index contributed by atoms with van der Waals surface area (Å²) in [5, 5.41) is 3.07. The zero-order valence-corrected chi connectivity index (χ0v) is 21.4. The van der Waals surface area contributed by atoms with Gasteiger partial charge in [0.05, 0.1) is 10.4 Å². The molecule has 4 rings (SSSR count). The number of fused-ring (bicyclic) bond motifs is 1. The van der Waals surface area contributed by atoms with E-state index in [0.717, 1.165) is 33.5 Å². The average Bonchev–Trinajstić information content (AvgIpc) is 3.00. The fourth-order valence-corrected chi connectivity index (χ4v) is 5.22. The lowest BCUT2D eigenvalue weighted by Crippen LogP contribution is -2.42. The molecular formula is C25H23Cl2N3O3S. The first kappa shape index (κ1) is 24.4. The van der Waals surface area contributed by atoms with Crippen LogP contribution in [-0.4, -0.2) is 41.1 Å². The molecule has 0 unspecified atom stereocenters. The Morgan fingerprint density at radius 1 is 1.18 bits per heavy atom. The van der Waals surface area contributed by atoms with Crippen LogP contribution in [-0.2, 0) is 9.59 Å². The topological polar surface area (TPSA) is 69.7 Å². The first-order valence-corrected chi connectivity index (χ1v) is 12.1. The third-order valence-corrected chi connectivity index (χ3v) is 7.38. The normalized spacial score (nSPS) is 18.3. The standard InChI is InChI=1S/C25H23Cl2N3O3S/c1-14-12-25(2,3)29(4)20-11-19(27)15(8-18(14)20)9-21-23(32)30(24(33)34-21)13-22(31)28-17-7-5-6-16(26)10-17/h5-12H,13H2,1-4H3,(H,28,31)/b21-9-. The maximum Gasteiger partial charge on any atom is 0.294 e. The van der Waals surface area contributed by atoms with Crippen molar-refractivity contribution in [3.8, 4) is 0 Å². The van der Waals surface area contributed by atoms with E-state index < -0.39 is 23.6 Å². The van der Waals surface area contributed by atoms with Crippen LogP contribution in [0.15, 0.2) is 47.4 Å². The number of likely N-dealkylation sites (N-methyl/N-ethyl adjacent to an activating group) is 1. The van der Waals surface area contributed by atoms with Crippen molar-refractivity contribution in [1.82, 2.24) is 4.90 Å². The monoisotopic (exact) mass is 515 g/mol. The number of carbonyl (C=O) groups is 3. The van der Waals surface area contributed by atoms with Crippen molar-refractivity contribution in [2.75, 3.05) is 23.8 Å². The zero-order valence-electron chi connectivity index (χ0n) is 19.1. The highest BCUT2D eigenvalue weighted by molar-refractivity contribution is 8.18. The van der Waals surface area contributed by atoms with Gasteiger partial charge >= 0.3 is 0 Å². The number of amides is 3. The molecule has 0 aliphatic carbocycles. The largest absolute Gasteiger partial charge is 0.365 e. The van der Waals surface area contributed by atoms with Crippen LogP contribution in [0.25, 0.3) is 11.6 Å². The number of carbonyl (C=O) groups excluding carboxylic acids is 3. The van der Waals surface area contributed by atoms with Crippen LogP contribution in [0.3, 0.4) is 0 Å². The molecule has 34 heavy (non-hydrogen) atoms. The summed E-state index contributed by atoms with van der Waals surface area (Å²) in [6.07, 6.45) is 3.79. The van der Waals surface area contributed by atoms with Crippen molar-refractivity contribution in [1.29, 1.82) is 0 Å². The molecule has 2 aliphatic rings. The van der Waals surface area contributed by atoms with Gasteiger partial charge in [-0.3, -0.25) is 19.3 Å². The maximum atomic E-state index is 12.9. The van der Waals surface area contributed by atoms with Crippen molar-refractivity contribution in [3.05, 3.63) is 68.6 Å². The quantitative estimate of drug-likeness (QED) is 0.483. The van der Waals surface area contributed by atoms with Crippen molar-refractivity contribution in [3.63, 3.8) is 0 Å². The molecule has 0 bridgehead atoms. The zero-order chi connectivity index (χ0) is 24.8. The Kier molecular flexibility index (Phi) is 6.55. The smallest absolute Gasteiger partial charge is 0.294 e. The van der Waals surface area contributed by atoms with Gasteiger partial charge in [-0.2, -0.15) is 0 Å². The van der Waals surface area contributed by atoms with Crippen LogP contribution in [0.1, 0.15) is 31.9 Å². The molecule has 176 valence electrons. The Labute approximate surface area is 212 Å². The van der Waals surface area contributed by atoms with Gasteiger partial charge < -0.3 is 10.2 Å². The number of nitrogens with one attached hydrogen (secondary N) is 1. The first-order valence-electron chi connectivity index (χ1n) is 10.5. The number of nitrogens with zero attached hydrogens (tertiary/aromatic N) is 2. The van der Waals surface area contributed by atoms with Crippen LogP contribution in [0.4, 0.5) is 16.2 Å². The Bertz CT molecular complexity index is 1290. The minimum absolute atomic E-state index is 0.157. The van der Waals surface area contributed by atoms with Crippen LogP contribution in [0, 0.1) is 0 Å². The Balaban J connectivity index is 1.56. The molecule has 1 N–H and O–H groups in total. The molecule has 0 saturated carbocycles. The molecule has 2 aliphatic heterocycles. The minimum atomic E-state index is -0.532. The first-order chi connectivity index (χ1) is 16.0. The number of benzene rings is 2.